The highest BCUT2D eigenvalue weighted by atomic mass is 32.2. The van der Waals surface area contributed by atoms with Gasteiger partial charge in [0.25, 0.3) is 5.91 Å². The lowest BCUT2D eigenvalue weighted by atomic mass is 9.69. The summed E-state index contributed by atoms with van der Waals surface area (Å²) in [6, 6.07) is 3.93. The van der Waals surface area contributed by atoms with E-state index in [9.17, 15) is 9.90 Å². The van der Waals surface area contributed by atoms with Crippen LogP contribution in [0.1, 0.15) is 29.6 Å². The van der Waals surface area contributed by atoms with Crippen molar-refractivity contribution >= 4 is 17.7 Å². The molecule has 0 saturated carbocycles. The minimum absolute atomic E-state index is 0.0406. The third kappa shape index (κ3) is 2.99. The van der Waals surface area contributed by atoms with Crippen molar-refractivity contribution in [2.75, 3.05) is 39.5 Å². The number of thioether (sulfide) groups is 1. The molecule has 6 heteroatoms. The summed E-state index contributed by atoms with van der Waals surface area (Å²) in [5, 5.41) is 10.8. The monoisotopic (exact) mass is 335 g/mol. The Morgan fingerprint density at radius 2 is 2.30 bits per heavy atom. The SMILES string of the molecule is CSc1ncccc1C(=O)N1CC[C@@]2(CO)CCCN(C)[C@@H]2C1. The van der Waals surface area contributed by atoms with Crippen LogP contribution < -0.4 is 0 Å². The lowest BCUT2D eigenvalue weighted by Crippen LogP contribution is -2.62. The first-order valence-electron chi connectivity index (χ1n) is 8.21. The van der Waals surface area contributed by atoms with Gasteiger partial charge in [-0.1, -0.05) is 0 Å². The molecule has 5 nitrogen and oxygen atoms in total. The van der Waals surface area contributed by atoms with Gasteiger partial charge in [-0.25, -0.2) is 4.98 Å². The standard InChI is InChI=1S/C17H25N3O2S/c1-19-9-4-6-17(12-21)7-10-20(11-14(17)19)16(22)13-5-3-8-18-15(13)23-2/h3,5,8,14,21H,4,6-7,9-12H2,1-2H3/t14-,17-/m1/s1. The number of hydrogen-bond donors (Lipinski definition) is 1. The first-order valence-corrected chi connectivity index (χ1v) is 9.43. The minimum Gasteiger partial charge on any atom is -0.396 e. The van der Waals surface area contributed by atoms with Crippen LogP contribution in [0.2, 0.25) is 0 Å². The van der Waals surface area contributed by atoms with E-state index in [0.29, 0.717) is 18.7 Å². The van der Waals surface area contributed by atoms with Crippen molar-refractivity contribution in [1.82, 2.24) is 14.8 Å². The van der Waals surface area contributed by atoms with Crippen molar-refractivity contribution in [3.8, 4) is 0 Å². The van der Waals surface area contributed by atoms with Gasteiger partial charge < -0.3 is 14.9 Å². The number of hydrogen-bond acceptors (Lipinski definition) is 5. The van der Waals surface area contributed by atoms with Crippen LogP contribution in [0, 0.1) is 5.41 Å². The molecule has 0 aromatic carbocycles. The Morgan fingerprint density at radius 3 is 3.04 bits per heavy atom. The van der Waals surface area contributed by atoms with E-state index in [0.717, 1.165) is 30.8 Å². The Labute approximate surface area is 142 Å². The Bertz CT molecular complexity index is 583. The molecular formula is C17H25N3O2S. The Hall–Kier alpha value is -1.11. The van der Waals surface area contributed by atoms with Gasteiger partial charge in [-0.05, 0) is 51.2 Å². The Morgan fingerprint density at radius 1 is 1.48 bits per heavy atom. The third-order valence-electron chi connectivity index (χ3n) is 5.49. The number of aliphatic hydroxyl groups excluding tert-OH is 1. The normalized spacial score (nSPS) is 28.5. The van der Waals surface area contributed by atoms with Gasteiger partial charge in [0.1, 0.15) is 5.03 Å². The Kier molecular flexibility index (Phi) is 4.94. The lowest BCUT2D eigenvalue weighted by Gasteiger charge is -2.53. The van der Waals surface area contributed by atoms with Crippen molar-refractivity contribution in [2.24, 2.45) is 5.41 Å². The summed E-state index contributed by atoms with van der Waals surface area (Å²) in [7, 11) is 2.11. The predicted octanol–water partition coefficient (Wildman–Crippen LogP) is 1.72. The Balaban J connectivity index is 1.82. The second kappa shape index (κ2) is 6.79. The lowest BCUT2D eigenvalue weighted by molar-refractivity contribution is -0.0601. The van der Waals surface area contributed by atoms with Crippen LogP contribution in [-0.2, 0) is 0 Å². The summed E-state index contributed by atoms with van der Waals surface area (Å²) in [5.74, 6) is 0.0629. The summed E-state index contributed by atoms with van der Waals surface area (Å²) in [5.41, 5.74) is 0.649. The molecule has 2 saturated heterocycles. The van der Waals surface area contributed by atoms with Gasteiger partial charge in [-0.3, -0.25) is 4.79 Å². The molecule has 0 bridgehead atoms. The number of amides is 1. The van der Waals surface area contributed by atoms with E-state index in [1.54, 1.807) is 6.20 Å². The highest BCUT2D eigenvalue weighted by Gasteiger charge is 2.47. The van der Waals surface area contributed by atoms with Crippen LogP contribution in [0.5, 0.6) is 0 Å². The van der Waals surface area contributed by atoms with Crippen LogP contribution in [0.15, 0.2) is 23.4 Å². The molecule has 23 heavy (non-hydrogen) atoms. The number of pyridine rings is 1. The van der Waals surface area contributed by atoms with Crippen LogP contribution in [0.25, 0.3) is 0 Å². The second-order valence-electron chi connectivity index (χ2n) is 6.68. The molecule has 126 valence electrons. The quantitative estimate of drug-likeness (QED) is 0.853. The number of aromatic nitrogens is 1. The first-order chi connectivity index (χ1) is 11.1. The van der Waals surface area contributed by atoms with Gasteiger partial charge in [0.05, 0.1) is 12.2 Å². The average molecular weight is 335 g/mol. The molecule has 0 aliphatic carbocycles. The molecule has 2 fully saturated rings. The number of likely N-dealkylation sites (tertiary alicyclic amines) is 2. The summed E-state index contributed by atoms with van der Waals surface area (Å²) >= 11 is 1.51. The van der Waals surface area contributed by atoms with Crippen LogP contribution in [-0.4, -0.2) is 71.4 Å². The fraction of sp³-hybridized carbons (Fsp3) is 0.647. The largest absolute Gasteiger partial charge is 0.396 e. The maximum absolute atomic E-state index is 12.9. The molecule has 3 rings (SSSR count). The number of carbonyl (C=O) groups is 1. The zero-order chi connectivity index (χ0) is 16.4. The molecule has 2 aliphatic heterocycles. The minimum atomic E-state index is -0.0406. The molecule has 1 amide bonds. The van der Waals surface area contributed by atoms with Crippen molar-refractivity contribution in [2.45, 2.75) is 30.3 Å². The van der Waals surface area contributed by atoms with Gasteiger partial charge in [-0.15, -0.1) is 11.8 Å². The molecule has 0 unspecified atom stereocenters. The van der Waals surface area contributed by atoms with Crippen molar-refractivity contribution < 1.29 is 9.90 Å². The predicted molar refractivity (Wildman–Crippen MR) is 91.7 cm³/mol. The second-order valence-corrected chi connectivity index (χ2v) is 7.48. The van der Waals surface area contributed by atoms with Crippen molar-refractivity contribution in [3.05, 3.63) is 23.9 Å². The van der Waals surface area contributed by atoms with E-state index in [2.05, 4.69) is 16.9 Å². The highest BCUT2D eigenvalue weighted by Crippen LogP contribution is 2.41. The topological polar surface area (TPSA) is 56.7 Å². The molecule has 0 radical (unpaired) electrons. The maximum Gasteiger partial charge on any atom is 0.256 e. The number of nitrogens with zero attached hydrogens (tertiary/aromatic N) is 3. The first kappa shape index (κ1) is 16.7. The summed E-state index contributed by atoms with van der Waals surface area (Å²) in [4.78, 5) is 21.5. The number of likely N-dealkylation sites (N-methyl/N-ethyl adjacent to an activating group) is 1. The van der Waals surface area contributed by atoms with Crippen LogP contribution in [0.3, 0.4) is 0 Å². The van der Waals surface area contributed by atoms with Gasteiger partial charge in [0.2, 0.25) is 0 Å². The number of fused-ring (bicyclic) bond motifs is 1. The molecular weight excluding hydrogens is 310 g/mol. The molecule has 1 aromatic rings. The fourth-order valence-corrected chi connectivity index (χ4v) is 4.63. The molecule has 2 atom stereocenters. The van der Waals surface area contributed by atoms with Gasteiger partial charge in [-0.2, -0.15) is 0 Å². The van der Waals surface area contributed by atoms with E-state index in [1.165, 1.54) is 11.8 Å². The van der Waals surface area contributed by atoms with Crippen molar-refractivity contribution in [3.63, 3.8) is 0 Å². The number of rotatable bonds is 3. The van der Waals surface area contributed by atoms with Crippen LogP contribution in [0.4, 0.5) is 0 Å². The summed E-state index contributed by atoms with van der Waals surface area (Å²) < 4.78 is 0. The number of piperidine rings is 2. The fourth-order valence-electron chi connectivity index (χ4n) is 4.09. The summed E-state index contributed by atoms with van der Waals surface area (Å²) in [6.45, 7) is 2.66. The van der Waals surface area contributed by atoms with E-state index in [1.807, 2.05) is 23.3 Å². The van der Waals surface area contributed by atoms with E-state index >= 15 is 0 Å². The highest BCUT2D eigenvalue weighted by molar-refractivity contribution is 7.98. The van der Waals surface area contributed by atoms with E-state index in [4.69, 9.17) is 0 Å². The zero-order valence-electron chi connectivity index (χ0n) is 13.9. The van der Waals surface area contributed by atoms with Crippen molar-refractivity contribution in [1.29, 1.82) is 0 Å². The number of aliphatic hydroxyl groups is 1. The third-order valence-corrected chi connectivity index (χ3v) is 6.21. The molecule has 2 aliphatic rings. The van der Waals surface area contributed by atoms with E-state index < -0.39 is 0 Å². The van der Waals surface area contributed by atoms with Gasteiger partial charge in [0, 0.05) is 30.7 Å². The molecule has 1 N–H and O–H groups in total. The molecule has 3 heterocycles. The average Bonchev–Trinajstić information content (AvgIpc) is 2.61. The van der Waals surface area contributed by atoms with Gasteiger partial charge >= 0.3 is 0 Å². The van der Waals surface area contributed by atoms with Crippen LogP contribution >= 0.6 is 11.8 Å². The zero-order valence-corrected chi connectivity index (χ0v) is 14.7. The molecule has 1 aromatic heterocycles. The molecule has 0 spiro atoms. The maximum atomic E-state index is 12.9. The summed E-state index contributed by atoms with van der Waals surface area (Å²) in [6.07, 6.45) is 6.73. The van der Waals surface area contributed by atoms with E-state index in [-0.39, 0.29) is 24.0 Å². The van der Waals surface area contributed by atoms with Gasteiger partial charge in [0.15, 0.2) is 0 Å². The smallest absolute Gasteiger partial charge is 0.256 e. The number of carbonyl (C=O) groups excluding carboxylic acids is 1.